The molecule has 1 aromatic rings. The number of aromatic nitrogens is 1. The van der Waals surface area contributed by atoms with Crippen LogP contribution < -0.4 is 10.6 Å². The molecule has 0 spiro atoms. The van der Waals surface area contributed by atoms with Gasteiger partial charge in [0.2, 0.25) is 0 Å². The maximum Gasteiger partial charge on any atom is 0.190 e. The monoisotopic (exact) mass is 380 g/mol. The summed E-state index contributed by atoms with van der Waals surface area (Å²) in [6.07, 6.45) is 2.71. The van der Waals surface area contributed by atoms with Gasteiger partial charge in [0, 0.05) is 59.1 Å². The number of aliphatic imine (C=N–C) groups is 1. The molecular weight excluding hydrogens is 348 g/mol. The van der Waals surface area contributed by atoms with Crippen LogP contribution in [0.1, 0.15) is 19.4 Å². The van der Waals surface area contributed by atoms with Crippen LogP contribution in [-0.2, 0) is 6.42 Å². The summed E-state index contributed by atoms with van der Waals surface area (Å²) in [5.41, 5.74) is 1.16. The average molecular weight is 381 g/mol. The second-order valence-electron chi connectivity index (χ2n) is 6.96. The standard InChI is InChI=1S/C19H33ClN6/c1-4-25-9-11-26(12-10-25)15-16(2)13-24-19(21-3)22-8-7-17-5-6-18(20)23-14-17/h5-6,14,16H,4,7-13,15H2,1-3H3,(H2,21,22,24). The molecule has 2 N–H and O–H groups in total. The van der Waals surface area contributed by atoms with Gasteiger partial charge in [-0.3, -0.25) is 4.99 Å². The number of likely N-dealkylation sites (N-methyl/N-ethyl adjacent to an activating group) is 1. The maximum atomic E-state index is 5.81. The third-order valence-corrected chi connectivity index (χ3v) is 5.04. The molecule has 0 bridgehead atoms. The highest BCUT2D eigenvalue weighted by atomic mass is 35.5. The Morgan fingerprint density at radius 1 is 1.23 bits per heavy atom. The van der Waals surface area contributed by atoms with Gasteiger partial charge < -0.3 is 20.4 Å². The Kier molecular flexibility index (Phi) is 9.15. The number of hydrogen-bond acceptors (Lipinski definition) is 4. The third-order valence-electron chi connectivity index (χ3n) is 4.82. The van der Waals surface area contributed by atoms with Crippen molar-refractivity contribution in [2.75, 3.05) is 59.4 Å². The topological polar surface area (TPSA) is 55.8 Å². The van der Waals surface area contributed by atoms with Gasteiger partial charge in [-0.05, 0) is 30.5 Å². The zero-order valence-electron chi connectivity index (χ0n) is 16.3. The molecule has 0 amide bonds. The third kappa shape index (κ3) is 7.48. The molecule has 1 unspecified atom stereocenters. The molecule has 26 heavy (non-hydrogen) atoms. The molecule has 7 heteroatoms. The number of nitrogens with zero attached hydrogens (tertiary/aromatic N) is 4. The van der Waals surface area contributed by atoms with E-state index in [1.807, 2.05) is 25.4 Å². The highest BCUT2D eigenvalue weighted by Gasteiger charge is 2.17. The van der Waals surface area contributed by atoms with Gasteiger partial charge in [-0.15, -0.1) is 0 Å². The van der Waals surface area contributed by atoms with E-state index in [1.54, 1.807) is 0 Å². The molecule has 1 saturated heterocycles. The van der Waals surface area contributed by atoms with Crippen molar-refractivity contribution in [3.8, 4) is 0 Å². The predicted molar refractivity (Wildman–Crippen MR) is 110 cm³/mol. The number of nitrogens with one attached hydrogen (secondary N) is 2. The molecular formula is C19H33ClN6. The summed E-state index contributed by atoms with van der Waals surface area (Å²) < 4.78 is 0. The first-order valence-electron chi connectivity index (χ1n) is 9.60. The van der Waals surface area contributed by atoms with E-state index < -0.39 is 0 Å². The van der Waals surface area contributed by atoms with Gasteiger partial charge in [0.05, 0.1) is 0 Å². The van der Waals surface area contributed by atoms with Crippen molar-refractivity contribution in [1.82, 2.24) is 25.4 Å². The van der Waals surface area contributed by atoms with Crippen LogP contribution in [0.15, 0.2) is 23.3 Å². The largest absolute Gasteiger partial charge is 0.356 e. The van der Waals surface area contributed by atoms with E-state index in [9.17, 15) is 0 Å². The van der Waals surface area contributed by atoms with Gasteiger partial charge in [0.25, 0.3) is 0 Å². The Balaban J connectivity index is 1.62. The van der Waals surface area contributed by atoms with E-state index >= 15 is 0 Å². The second kappa shape index (κ2) is 11.4. The SMILES string of the molecule is CCN1CCN(CC(C)CNC(=NC)NCCc2ccc(Cl)nc2)CC1. The van der Waals surface area contributed by atoms with Crippen LogP contribution in [0.3, 0.4) is 0 Å². The molecule has 0 saturated carbocycles. The first kappa shape index (κ1) is 20.9. The van der Waals surface area contributed by atoms with Gasteiger partial charge >= 0.3 is 0 Å². The van der Waals surface area contributed by atoms with Gasteiger partial charge in [0.1, 0.15) is 5.15 Å². The molecule has 6 nitrogen and oxygen atoms in total. The van der Waals surface area contributed by atoms with Crippen LogP contribution >= 0.6 is 11.6 Å². The number of pyridine rings is 1. The highest BCUT2D eigenvalue weighted by Crippen LogP contribution is 2.06. The molecule has 1 aromatic heterocycles. The van der Waals surface area contributed by atoms with Crippen molar-refractivity contribution in [2.24, 2.45) is 10.9 Å². The number of piperazine rings is 1. The number of hydrogen-bond donors (Lipinski definition) is 2. The lowest BCUT2D eigenvalue weighted by Gasteiger charge is -2.35. The highest BCUT2D eigenvalue weighted by molar-refractivity contribution is 6.29. The van der Waals surface area contributed by atoms with Crippen molar-refractivity contribution >= 4 is 17.6 Å². The minimum atomic E-state index is 0.532. The van der Waals surface area contributed by atoms with Crippen LogP contribution in [0.2, 0.25) is 5.15 Å². The lowest BCUT2D eigenvalue weighted by Crippen LogP contribution is -2.48. The minimum Gasteiger partial charge on any atom is -0.356 e. The Hall–Kier alpha value is -1.37. The van der Waals surface area contributed by atoms with Crippen molar-refractivity contribution in [1.29, 1.82) is 0 Å². The van der Waals surface area contributed by atoms with E-state index in [4.69, 9.17) is 11.6 Å². The summed E-state index contributed by atoms with van der Waals surface area (Å²) in [6, 6.07) is 3.83. The molecule has 1 aliphatic rings. The van der Waals surface area contributed by atoms with E-state index in [0.29, 0.717) is 11.1 Å². The van der Waals surface area contributed by atoms with Gasteiger partial charge in [-0.2, -0.15) is 0 Å². The van der Waals surface area contributed by atoms with Gasteiger partial charge in [0.15, 0.2) is 5.96 Å². The fraction of sp³-hybridized carbons (Fsp3) is 0.684. The molecule has 1 atom stereocenters. The lowest BCUT2D eigenvalue weighted by atomic mass is 10.1. The van der Waals surface area contributed by atoms with Crippen LogP contribution in [0.5, 0.6) is 0 Å². The normalized spacial score (nSPS) is 17.9. The van der Waals surface area contributed by atoms with Crippen LogP contribution in [-0.4, -0.2) is 80.1 Å². The molecule has 2 heterocycles. The first-order chi connectivity index (χ1) is 12.6. The Morgan fingerprint density at radius 2 is 1.96 bits per heavy atom. The van der Waals surface area contributed by atoms with Crippen molar-refractivity contribution in [3.63, 3.8) is 0 Å². The van der Waals surface area contributed by atoms with Gasteiger partial charge in [-0.1, -0.05) is 31.5 Å². The van der Waals surface area contributed by atoms with E-state index in [2.05, 4.69) is 44.3 Å². The average Bonchev–Trinajstić information content (AvgIpc) is 2.66. The molecule has 0 radical (unpaired) electrons. The Morgan fingerprint density at radius 3 is 2.58 bits per heavy atom. The minimum absolute atomic E-state index is 0.532. The summed E-state index contributed by atoms with van der Waals surface area (Å²) in [7, 11) is 1.81. The van der Waals surface area contributed by atoms with E-state index in [-0.39, 0.29) is 0 Å². The fourth-order valence-electron chi connectivity index (χ4n) is 3.16. The van der Waals surface area contributed by atoms with Crippen molar-refractivity contribution in [2.45, 2.75) is 20.3 Å². The first-order valence-corrected chi connectivity index (χ1v) is 9.98. The van der Waals surface area contributed by atoms with Crippen molar-refractivity contribution in [3.05, 3.63) is 29.0 Å². The molecule has 0 aliphatic carbocycles. The zero-order chi connectivity index (χ0) is 18.8. The van der Waals surface area contributed by atoms with Gasteiger partial charge in [-0.25, -0.2) is 4.98 Å². The summed E-state index contributed by atoms with van der Waals surface area (Å²) in [5, 5.41) is 7.33. The maximum absolute atomic E-state index is 5.81. The zero-order valence-corrected chi connectivity index (χ0v) is 17.1. The fourth-order valence-corrected chi connectivity index (χ4v) is 3.28. The van der Waals surface area contributed by atoms with E-state index in [1.165, 1.54) is 32.7 Å². The lowest BCUT2D eigenvalue weighted by molar-refractivity contribution is 0.124. The Labute approximate surface area is 163 Å². The smallest absolute Gasteiger partial charge is 0.190 e. The molecule has 0 aromatic carbocycles. The number of rotatable bonds is 8. The van der Waals surface area contributed by atoms with E-state index in [0.717, 1.165) is 37.6 Å². The summed E-state index contributed by atoms with van der Waals surface area (Å²) in [4.78, 5) is 13.5. The van der Waals surface area contributed by atoms with Crippen molar-refractivity contribution < 1.29 is 0 Å². The molecule has 146 valence electrons. The summed E-state index contributed by atoms with van der Waals surface area (Å²) in [5.74, 6) is 1.44. The predicted octanol–water partition coefficient (Wildman–Crippen LogP) is 1.72. The number of guanidine groups is 1. The molecule has 2 rings (SSSR count). The van der Waals surface area contributed by atoms with Crippen LogP contribution in [0.4, 0.5) is 0 Å². The summed E-state index contributed by atoms with van der Waals surface area (Å²) in [6.45, 7) is 13.3. The van der Waals surface area contributed by atoms with Crippen LogP contribution in [0.25, 0.3) is 0 Å². The molecule has 1 aliphatic heterocycles. The van der Waals surface area contributed by atoms with Crippen LogP contribution in [0, 0.1) is 5.92 Å². The second-order valence-corrected chi connectivity index (χ2v) is 7.35. The summed E-state index contributed by atoms with van der Waals surface area (Å²) >= 11 is 5.81. The number of halogens is 1. The Bertz CT molecular complexity index is 539. The molecule has 1 fully saturated rings. The quantitative estimate of drug-likeness (QED) is 0.408.